The molecule has 0 aromatic heterocycles. The summed E-state index contributed by atoms with van der Waals surface area (Å²) in [5, 5.41) is 3.74. The molecule has 4 heteroatoms. The first kappa shape index (κ1) is 13.1. The van der Waals surface area contributed by atoms with E-state index >= 15 is 0 Å². The second kappa shape index (κ2) is 6.53. The number of carbonyl (C=O) groups is 1. The largest absolute Gasteiger partial charge is 0.446 e. The van der Waals surface area contributed by atoms with Gasteiger partial charge in [0.25, 0.3) is 0 Å². The minimum absolute atomic E-state index is 0.176. The van der Waals surface area contributed by atoms with Crippen molar-refractivity contribution < 1.29 is 9.53 Å². The SMILES string of the molecule is CSC1CCCC(NC(=O)OC2CCCC2)C1. The van der Waals surface area contributed by atoms with Crippen LogP contribution in [0.5, 0.6) is 0 Å². The first-order chi connectivity index (χ1) is 8.28. The van der Waals surface area contributed by atoms with Crippen LogP contribution in [0.4, 0.5) is 4.79 Å². The van der Waals surface area contributed by atoms with Crippen LogP contribution in [0.1, 0.15) is 51.4 Å². The molecule has 0 aromatic rings. The van der Waals surface area contributed by atoms with Crippen LogP contribution in [0.25, 0.3) is 0 Å². The third kappa shape index (κ3) is 4.09. The molecule has 0 bridgehead atoms. The zero-order valence-electron chi connectivity index (χ0n) is 10.6. The second-order valence-corrected chi connectivity index (χ2v) is 6.32. The quantitative estimate of drug-likeness (QED) is 0.843. The van der Waals surface area contributed by atoms with Gasteiger partial charge in [-0.1, -0.05) is 6.42 Å². The monoisotopic (exact) mass is 257 g/mol. The number of rotatable bonds is 3. The van der Waals surface area contributed by atoms with Crippen molar-refractivity contribution in [2.24, 2.45) is 0 Å². The predicted octanol–water partition coefficient (Wildman–Crippen LogP) is 3.33. The van der Waals surface area contributed by atoms with Gasteiger partial charge in [0.05, 0.1) is 0 Å². The lowest BCUT2D eigenvalue weighted by molar-refractivity contribution is 0.0962. The molecule has 0 saturated heterocycles. The van der Waals surface area contributed by atoms with Gasteiger partial charge in [-0.05, 0) is 51.2 Å². The van der Waals surface area contributed by atoms with Crippen LogP contribution in [0.3, 0.4) is 0 Å². The van der Waals surface area contributed by atoms with Gasteiger partial charge in [0.1, 0.15) is 6.10 Å². The highest BCUT2D eigenvalue weighted by Crippen LogP contribution is 2.27. The molecule has 0 aromatic carbocycles. The van der Waals surface area contributed by atoms with E-state index in [9.17, 15) is 4.79 Å². The second-order valence-electron chi connectivity index (χ2n) is 5.18. The van der Waals surface area contributed by atoms with Crippen molar-refractivity contribution in [1.29, 1.82) is 0 Å². The topological polar surface area (TPSA) is 38.3 Å². The minimum Gasteiger partial charge on any atom is -0.446 e. The van der Waals surface area contributed by atoms with Crippen molar-refractivity contribution in [3.63, 3.8) is 0 Å². The number of amides is 1. The number of alkyl carbamates (subject to hydrolysis) is 1. The lowest BCUT2D eigenvalue weighted by atomic mass is 9.95. The van der Waals surface area contributed by atoms with Crippen LogP contribution in [0.2, 0.25) is 0 Å². The fourth-order valence-corrected chi connectivity index (χ4v) is 3.68. The Hall–Kier alpha value is -0.380. The number of carbonyl (C=O) groups excluding carboxylic acids is 1. The van der Waals surface area contributed by atoms with Gasteiger partial charge in [0.2, 0.25) is 0 Å². The molecule has 2 aliphatic carbocycles. The number of nitrogens with one attached hydrogen (secondary N) is 1. The molecule has 2 fully saturated rings. The summed E-state index contributed by atoms with van der Waals surface area (Å²) in [4.78, 5) is 11.7. The zero-order chi connectivity index (χ0) is 12.1. The fourth-order valence-electron chi connectivity index (χ4n) is 2.85. The number of hydrogen-bond acceptors (Lipinski definition) is 3. The Bertz CT molecular complexity index is 254. The standard InChI is InChI=1S/C13H23NO2S/c1-17-12-8-4-5-10(9-12)14-13(15)16-11-6-2-3-7-11/h10-12H,2-9H2,1H3,(H,14,15). The maximum Gasteiger partial charge on any atom is 0.407 e. The molecule has 2 unspecified atom stereocenters. The van der Waals surface area contributed by atoms with E-state index in [1.165, 1.54) is 25.7 Å². The molecule has 0 spiro atoms. The Morgan fingerprint density at radius 1 is 1.18 bits per heavy atom. The molecule has 17 heavy (non-hydrogen) atoms. The molecule has 2 saturated carbocycles. The van der Waals surface area contributed by atoms with E-state index in [-0.39, 0.29) is 12.2 Å². The third-order valence-electron chi connectivity index (χ3n) is 3.86. The van der Waals surface area contributed by atoms with Crippen molar-refractivity contribution in [2.75, 3.05) is 6.26 Å². The maximum atomic E-state index is 11.7. The number of hydrogen-bond donors (Lipinski definition) is 1. The van der Waals surface area contributed by atoms with Gasteiger partial charge in [-0.25, -0.2) is 4.79 Å². The smallest absolute Gasteiger partial charge is 0.407 e. The molecule has 2 rings (SSSR count). The van der Waals surface area contributed by atoms with E-state index in [0.29, 0.717) is 11.3 Å². The molecule has 98 valence electrons. The Labute approximate surface area is 108 Å². The molecule has 2 atom stereocenters. The van der Waals surface area contributed by atoms with Crippen LogP contribution in [-0.2, 0) is 4.74 Å². The van der Waals surface area contributed by atoms with Crippen molar-refractivity contribution in [3.05, 3.63) is 0 Å². The van der Waals surface area contributed by atoms with E-state index in [4.69, 9.17) is 4.74 Å². The Morgan fingerprint density at radius 2 is 1.94 bits per heavy atom. The van der Waals surface area contributed by atoms with Crippen molar-refractivity contribution >= 4 is 17.9 Å². The molecule has 3 nitrogen and oxygen atoms in total. The Kier molecular flexibility index (Phi) is 5.01. The van der Waals surface area contributed by atoms with Crippen LogP contribution in [0, 0.1) is 0 Å². The van der Waals surface area contributed by atoms with Crippen molar-refractivity contribution in [1.82, 2.24) is 5.32 Å². The van der Waals surface area contributed by atoms with Crippen molar-refractivity contribution in [2.45, 2.75) is 68.8 Å². The maximum absolute atomic E-state index is 11.7. The molecule has 0 aliphatic heterocycles. The lowest BCUT2D eigenvalue weighted by Gasteiger charge is -2.28. The molecule has 1 amide bonds. The Balaban J connectivity index is 1.70. The lowest BCUT2D eigenvalue weighted by Crippen LogP contribution is -2.40. The highest BCUT2D eigenvalue weighted by molar-refractivity contribution is 7.99. The van der Waals surface area contributed by atoms with E-state index in [1.807, 2.05) is 11.8 Å². The van der Waals surface area contributed by atoms with Crippen molar-refractivity contribution in [3.8, 4) is 0 Å². The van der Waals surface area contributed by atoms with Gasteiger partial charge in [-0.2, -0.15) is 11.8 Å². The zero-order valence-corrected chi connectivity index (χ0v) is 11.4. The van der Waals surface area contributed by atoms with Crippen LogP contribution in [0.15, 0.2) is 0 Å². The molecule has 2 aliphatic rings. The van der Waals surface area contributed by atoms with E-state index in [1.54, 1.807) is 0 Å². The third-order valence-corrected chi connectivity index (χ3v) is 4.95. The van der Waals surface area contributed by atoms with Gasteiger partial charge in [-0.3, -0.25) is 0 Å². The summed E-state index contributed by atoms with van der Waals surface area (Å²) in [5.41, 5.74) is 0. The summed E-state index contributed by atoms with van der Waals surface area (Å²) in [5.74, 6) is 0. The van der Waals surface area contributed by atoms with Crippen LogP contribution in [-0.4, -0.2) is 29.7 Å². The first-order valence-corrected chi connectivity index (χ1v) is 8.06. The van der Waals surface area contributed by atoms with Crippen LogP contribution < -0.4 is 5.32 Å². The van der Waals surface area contributed by atoms with Gasteiger partial charge >= 0.3 is 6.09 Å². The highest BCUT2D eigenvalue weighted by atomic mass is 32.2. The summed E-state index contributed by atoms with van der Waals surface area (Å²) >= 11 is 1.92. The Morgan fingerprint density at radius 3 is 2.65 bits per heavy atom. The normalized spacial score (nSPS) is 30.2. The molecular formula is C13H23NO2S. The molecule has 0 radical (unpaired) electrons. The molecule has 1 N–H and O–H groups in total. The highest BCUT2D eigenvalue weighted by Gasteiger charge is 2.25. The molecular weight excluding hydrogens is 234 g/mol. The van der Waals surface area contributed by atoms with E-state index in [0.717, 1.165) is 25.7 Å². The van der Waals surface area contributed by atoms with Crippen LogP contribution >= 0.6 is 11.8 Å². The van der Waals surface area contributed by atoms with E-state index in [2.05, 4.69) is 11.6 Å². The van der Waals surface area contributed by atoms with Gasteiger partial charge in [-0.15, -0.1) is 0 Å². The van der Waals surface area contributed by atoms with Gasteiger partial charge < -0.3 is 10.1 Å². The summed E-state index contributed by atoms with van der Waals surface area (Å²) in [6.45, 7) is 0. The molecule has 0 heterocycles. The minimum atomic E-state index is -0.191. The average molecular weight is 257 g/mol. The summed E-state index contributed by atoms with van der Waals surface area (Å²) < 4.78 is 5.43. The number of thioether (sulfide) groups is 1. The summed E-state index contributed by atoms with van der Waals surface area (Å²) in [6.07, 6.45) is 11.4. The first-order valence-electron chi connectivity index (χ1n) is 6.78. The van der Waals surface area contributed by atoms with Gasteiger partial charge in [0, 0.05) is 11.3 Å². The fraction of sp³-hybridized carbons (Fsp3) is 0.923. The predicted molar refractivity (Wildman–Crippen MR) is 71.4 cm³/mol. The average Bonchev–Trinajstić information content (AvgIpc) is 2.82. The van der Waals surface area contributed by atoms with E-state index < -0.39 is 0 Å². The summed E-state index contributed by atoms with van der Waals surface area (Å²) in [6, 6.07) is 0.329. The summed E-state index contributed by atoms with van der Waals surface area (Å²) in [7, 11) is 0. The van der Waals surface area contributed by atoms with Gasteiger partial charge in [0.15, 0.2) is 0 Å². The number of ether oxygens (including phenoxy) is 1.